The van der Waals surface area contributed by atoms with E-state index in [1.54, 1.807) is 42.5 Å². The molecule has 27 heavy (non-hydrogen) atoms. The number of Topliss-reactive ketones (excluding diaryl/α,β-unsaturated/α-hetero) is 1. The number of fused-ring (bicyclic) bond motifs is 1. The molecule has 134 valence electrons. The third kappa shape index (κ3) is 3.71. The molecule has 3 aromatic carbocycles. The molecule has 1 aliphatic rings. The molecular weight excluding hydrogens is 367 g/mol. The number of carbonyl (C=O) groups excluding carboxylic acids is 1. The van der Waals surface area contributed by atoms with Gasteiger partial charge in [0.05, 0.1) is 5.56 Å². The van der Waals surface area contributed by atoms with Gasteiger partial charge in [-0.2, -0.15) is 0 Å². The van der Waals surface area contributed by atoms with Crippen molar-refractivity contribution in [2.24, 2.45) is 0 Å². The number of allylic oxidation sites excluding steroid dienone is 1. The number of halogens is 2. The van der Waals surface area contributed by atoms with Crippen LogP contribution in [-0.2, 0) is 6.61 Å². The summed E-state index contributed by atoms with van der Waals surface area (Å²) in [6.45, 7) is 0.287. The van der Waals surface area contributed by atoms with E-state index >= 15 is 0 Å². The van der Waals surface area contributed by atoms with Gasteiger partial charge in [0.1, 0.15) is 23.9 Å². The number of benzene rings is 3. The minimum Gasteiger partial charge on any atom is -0.489 e. The predicted octanol–water partition coefficient (Wildman–Crippen LogP) is 5.67. The van der Waals surface area contributed by atoms with Gasteiger partial charge in [0.15, 0.2) is 5.76 Å². The Morgan fingerprint density at radius 2 is 1.81 bits per heavy atom. The van der Waals surface area contributed by atoms with Gasteiger partial charge in [0, 0.05) is 11.1 Å². The van der Waals surface area contributed by atoms with E-state index in [1.807, 2.05) is 18.2 Å². The lowest BCUT2D eigenvalue weighted by Gasteiger charge is -2.07. The van der Waals surface area contributed by atoms with Gasteiger partial charge in [0.25, 0.3) is 0 Å². The number of ketones is 1. The second-order valence-electron chi connectivity index (χ2n) is 6.03. The van der Waals surface area contributed by atoms with Crippen LogP contribution < -0.4 is 9.47 Å². The van der Waals surface area contributed by atoms with Crippen LogP contribution in [0.2, 0.25) is 5.02 Å². The molecule has 0 saturated carbocycles. The van der Waals surface area contributed by atoms with Crippen LogP contribution in [0.4, 0.5) is 4.39 Å². The van der Waals surface area contributed by atoms with Gasteiger partial charge in [-0.15, -0.1) is 0 Å². The van der Waals surface area contributed by atoms with Crippen LogP contribution in [0.3, 0.4) is 0 Å². The molecule has 0 aliphatic carbocycles. The molecule has 0 amide bonds. The van der Waals surface area contributed by atoms with E-state index in [4.69, 9.17) is 21.1 Å². The van der Waals surface area contributed by atoms with Crippen LogP contribution in [0.5, 0.6) is 11.5 Å². The lowest BCUT2D eigenvalue weighted by atomic mass is 10.1. The highest BCUT2D eigenvalue weighted by molar-refractivity contribution is 6.32. The second kappa shape index (κ2) is 7.25. The monoisotopic (exact) mass is 380 g/mol. The van der Waals surface area contributed by atoms with Gasteiger partial charge in [-0.05, 0) is 47.5 Å². The zero-order valence-electron chi connectivity index (χ0n) is 14.1. The Morgan fingerprint density at radius 3 is 2.59 bits per heavy atom. The van der Waals surface area contributed by atoms with Crippen molar-refractivity contribution in [1.29, 1.82) is 0 Å². The molecular formula is C22H14ClFO3. The average Bonchev–Trinajstić information content (AvgIpc) is 2.98. The summed E-state index contributed by atoms with van der Waals surface area (Å²) in [7, 11) is 0. The Kier molecular flexibility index (Phi) is 4.65. The molecule has 3 nitrogen and oxygen atoms in total. The molecule has 0 aromatic heterocycles. The fraction of sp³-hybridized carbons (Fsp3) is 0.0455. The van der Waals surface area contributed by atoms with Gasteiger partial charge in [-0.1, -0.05) is 41.9 Å². The van der Waals surface area contributed by atoms with Crippen LogP contribution in [0.1, 0.15) is 21.5 Å². The lowest BCUT2D eigenvalue weighted by Crippen LogP contribution is -1.98. The molecule has 1 aliphatic heterocycles. The molecule has 1 heterocycles. The Hall–Kier alpha value is -3.11. The highest BCUT2D eigenvalue weighted by atomic mass is 35.5. The second-order valence-corrected chi connectivity index (χ2v) is 6.44. The maximum absolute atomic E-state index is 13.0. The van der Waals surface area contributed by atoms with Crippen molar-refractivity contribution < 1.29 is 18.7 Å². The van der Waals surface area contributed by atoms with Crippen LogP contribution >= 0.6 is 11.6 Å². The van der Waals surface area contributed by atoms with Crippen molar-refractivity contribution >= 4 is 23.5 Å². The first-order valence-electron chi connectivity index (χ1n) is 8.30. The zero-order valence-corrected chi connectivity index (χ0v) is 14.9. The van der Waals surface area contributed by atoms with Crippen LogP contribution in [0, 0.1) is 5.82 Å². The maximum atomic E-state index is 13.0. The molecule has 0 radical (unpaired) electrons. The molecule has 5 heteroatoms. The van der Waals surface area contributed by atoms with Gasteiger partial charge in [-0.3, -0.25) is 4.79 Å². The Balaban J connectivity index is 1.52. The third-order valence-electron chi connectivity index (χ3n) is 4.15. The van der Waals surface area contributed by atoms with Gasteiger partial charge < -0.3 is 9.47 Å². The number of rotatable bonds is 4. The summed E-state index contributed by atoms with van der Waals surface area (Å²) in [4.78, 5) is 12.5. The number of hydrogen-bond acceptors (Lipinski definition) is 3. The molecule has 0 atom stereocenters. The highest BCUT2D eigenvalue weighted by Gasteiger charge is 2.27. The minimum atomic E-state index is -0.291. The minimum absolute atomic E-state index is 0.199. The van der Waals surface area contributed by atoms with Crippen LogP contribution in [0.25, 0.3) is 6.08 Å². The standard InChI is InChI=1S/C22H14ClFO3/c23-19-4-2-1-3-15(19)11-21-22(25)18-10-9-17(12-20(18)27-21)26-13-14-5-7-16(24)8-6-14/h1-12H,13H2/b21-11-. The summed E-state index contributed by atoms with van der Waals surface area (Å²) in [5.74, 6) is 0.726. The van der Waals surface area contributed by atoms with Crippen LogP contribution in [-0.4, -0.2) is 5.78 Å². The zero-order chi connectivity index (χ0) is 18.8. The van der Waals surface area contributed by atoms with E-state index in [0.717, 1.165) is 5.56 Å². The summed E-state index contributed by atoms with van der Waals surface area (Å²) >= 11 is 6.14. The smallest absolute Gasteiger partial charge is 0.231 e. The third-order valence-corrected chi connectivity index (χ3v) is 4.50. The van der Waals surface area contributed by atoms with Crippen molar-refractivity contribution in [3.63, 3.8) is 0 Å². The van der Waals surface area contributed by atoms with Gasteiger partial charge >= 0.3 is 0 Å². The lowest BCUT2D eigenvalue weighted by molar-refractivity contribution is 0.101. The Morgan fingerprint density at radius 1 is 1.04 bits per heavy atom. The summed E-state index contributed by atoms with van der Waals surface area (Å²) in [5, 5.41) is 0.542. The first kappa shape index (κ1) is 17.3. The summed E-state index contributed by atoms with van der Waals surface area (Å²) < 4.78 is 24.4. The Labute approximate surface area is 160 Å². The summed E-state index contributed by atoms with van der Waals surface area (Å²) in [6.07, 6.45) is 1.63. The Bertz CT molecular complexity index is 1040. The molecule has 0 fully saturated rings. The van der Waals surface area contributed by atoms with E-state index in [9.17, 15) is 9.18 Å². The molecule has 0 N–H and O–H groups in total. The maximum Gasteiger partial charge on any atom is 0.231 e. The van der Waals surface area contributed by atoms with Crippen molar-refractivity contribution in [2.75, 3.05) is 0 Å². The van der Waals surface area contributed by atoms with E-state index in [1.165, 1.54) is 12.1 Å². The molecule has 0 spiro atoms. The first-order valence-corrected chi connectivity index (χ1v) is 8.68. The van der Waals surface area contributed by atoms with Gasteiger partial charge in [-0.25, -0.2) is 4.39 Å². The molecule has 0 bridgehead atoms. The van der Waals surface area contributed by atoms with Crippen LogP contribution in [0.15, 0.2) is 72.5 Å². The molecule has 0 saturated heterocycles. The summed E-state index contributed by atoms with van der Waals surface area (Å²) in [5.41, 5.74) is 2.03. The highest BCUT2D eigenvalue weighted by Crippen LogP contribution is 2.35. The SMILES string of the molecule is O=C1/C(=C/c2ccccc2Cl)Oc2cc(OCc3ccc(F)cc3)ccc21. The van der Waals surface area contributed by atoms with Crippen molar-refractivity contribution in [1.82, 2.24) is 0 Å². The van der Waals surface area contributed by atoms with Crippen molar-refractivity contribution in [3.8, 4) is 11.5 Å². The van der Waals surface area contributed by atoms with E-state index in [0.29, 0.717) is 27.6 Å². The average molecular weight is 381 g/mol. The topological polar surface area (TPSA) is 35.5 Å². The van der Waals surface area contributed by atoms with Crippen molar-refractivity contribution in [3.05, 3.63) is 100 Å². The predicted molar refractivity (Wildman–Crippen MR) is 102 cm³/mol. The van der Waals surface area contributed by atoms with E-state index in [-0.39, 0.29) is 24.0 Å². The fourth-order valence-corrected chi connectivity index (χ4v) is 2.93. The molecule has 4 rings (SSSR count). The molecule has 3 aromatic rings. The van der Waals surface area contributed by atoms with E-state index < -0.39 is 0 Å². The largest absolute Gasteiger partial charge is 0.489 e. The van der Waals surface area contributed by atoms with Crippen molar-refractivity contribution in [2.45, 2.75) is 6.61 Å². The molecule has 0 unspecified atom stereocenters. The normalized spacial score (nSPS) is 14.1. The number of hydrogen-bond donors (Lipinski definition) is 0. The van der Waals surface area contributed by atoms with Gasteiger partial charge in [0.2, 0.25) is 5.78 Å². The fourth-order valence-electron chi connectivity index (χ4n) is 2.74. The van der Waals surface area contributed by atoms with E-state index in [2.05, 4.69) is 0 Å². The summed E-state index contributed by atoms with van der Waals surface area (Å²) in [6, 6.07) is 18.4. The number of ether oxygens (including phenoxy) is 2. The number of carbonyl (C=O) groups is 1. The quantitative estimate of drug-likeness (QED) is 0.547. The first-order chi connectivity index (χ1) is 13.1.